The standard InChI is InChI=1S/C14H14ClN5/c15-11-6-4-10(5-7-11)8-9-17-12-2-1-3-13-18-14(16)19-20(12)13/h1-7,17H,8-9H2,(H2,16,19). The predicted molar refractivity (Wildman–Crippen MR) is 81.0 cm³/mol. The monoisotopic (exact) mass is 287 g/mol. The van der Waals surface area contributed by atoms with Crippen LogP contribution in [-0.4, -0.2) is 21.1 Å². The fraction of sp³-hybridized carbons (Fsp3) is 0.143. The van der Waals surface area contributed by atoms with Gasteiger partial charge in [-0.15, -0.1) is 5.10 Å². The number of nitrogens with one attached hydrogen (secondary N) is 1. The Morgan fingerprint density at radius 2 is 1.95 bits per heavy atom. The second-order valence-corrected chi connectivity index (χ2v) is 4.89. The minimum Gasteiger partial charge on any atom is -0.370 e. The minimum absolute atomic E-state index is 0.275. The fourth-order valence-corrected chi connectivity index (χ4v) is 2.17. The summed E-state index contributed by atoms with van der Waals surface area (Å²) >= 11 is 5.86. The van der Waals surface area contributed by atoms with Crippen molar-refractivity contribution in [2.45, 2.75) is 6.42 Å². The summed E-state index contributed by atoms with van der Waals surface area (Å²) in [5.41, 5.74) is 7.57. The number of aromatic nitrogens is 3. The molecule has 1 aromatic carbocycles. The maximum atomic E-state index is 5.86. The van der Waals surface area contributed by atoms with Crippen molar-refractivity contribution in [1.82, 2.24) is 14.6 Å². The molecule has 0 spiro atoms. The summed E-state index contributed by atoms with van der Waals surface area (Å²) in [6.07, 6.45) is 0.901. The molecule has 0 aliphatic carbocycles. The van der Waals surface area contributed by atoms with Crippen molar-refractivity contribution >= 4 is 29.0 Å². The molecule has 0 amide bonds. The highest BCUT2D eigenvalue weighted by Crippen LogP contribution is 2.13. The average Bonchev–Trinajstić information content (AvgIpc) is 2.82. The van der Waals surface area contributed by atoms with Crippen LogP contribution in [0.3, 0.4) is 0 Å². The third kappa shape index (κ3) is 2.67. The highest BCUT2D eigenvalue weighted by Gasteiger charge is 2.04. The third-order valence-electron chi connectivity index (χ3n) is 3.01. The van der Waals surface area contributed by atoms with E-state index in [0.717, 1.165) is 29.5 Å². The molecule has 0 aliphatic rings. The van der Waals surface area contributed by atoms with Crippen molar-refractivity contribution in [3.8, 4) is 0 Å². The summed E-state index contributed by atoms with van der Waals surface area (Å²) in [6, 6.07) is 13.6. The van der Waals surface area contributed by atoms with E-state index in [-0.39, 0.29) is 5.95 Å². The van der Waals surface area contributed by atoms with Crippen molar-refractivity contribution in [1.29, 1.82) is 0 Å². The predicted octanol–water partition coefficient (Wildman–Crippen LogP) is 2.62. The molecular weight excluding hydrogens is 274 g/mol. The van der Waals surface area contributed by atoms with E-state index in [1.165, 1.54) is 5.56 Å². The van der Waals surface area contributed by atoms with E-state index in [2.05, 4.69) is 15.4 Å². The van der Waals surface area contributed by atoms with Crippen LogP contribution in [0.5, 0.6) is 0 Å². The number of hydrogen-bond donors (Lipinski definition) is 2. The Morgan fingerprint density at radius 3 is 2.75 bits per heavy atom. The van der Waals surface area contributed by atoms with Gasteiger partial charge in [-0.25, -0.2) is 0 Å². The van der Waals surface area contributed by atoms with Gasteiger partial charge in [-0.2, -0.15) is 9.50 Å². The van der Waals surface area contributed by atoms with Gasteiger partial charge in [0.2, 0.25) is 5.95 Å². The molecule has 0 fully saturated rings. The van der Waals surface area contributed by atoms with E-state index < -0.39 is 0 Å². The molecule has 3 rings (SSSR count). The molecule has 0 bridgehead atoms. The zero-order valence-corrected chi connectivity index (χ0v) is 11.5. The highest BCUT2D eigenvalue weighted by molar-refractivity contribution is 6.30. The topological polar surface area (TPSA) is 68.2 Å². The van der Waals surface area contributed by atoms with Gasteiger partial charge in [0.05, 0.1) is 0 Å². The van der Waals surface area contributed by atoms with Crippen LogP contribution in [-0.2, 0) is 6.42 Å². The molecule has 0 aliphatic heterocycles. The van der Waals surface area contributed by atoms with E-state index in [1.807, 2.05) is 42.5 Å². The van der Waals surface area contributed by atoms with Crippen molar-refractivity contribution in [2.24, 2.45) is 0 Å². The first-order valence-corrected chi connectivity index (χ1v) is 6.70. The Hall–Kier alpha value is -2.27. The maximum Gasteiger partial charge on any atom is 0.240 e. The molecular formula is C14H14ClN5. The second kappa shape index (κ2) is 5.38. The fourth-order valence-electron chi connectivity index (χ4n) is 2.04. The Bertz CT molecular complexity index is 720. The van der Waals surface area contributed by atoms with Crippen LogP contribution in [0, 0.1) is 0 Å². The summed E-state index contributed by atoms with van der Waals surface area (Å²) in [6.45, 7) is 0.792. The second-order valence-electron chi connectivity index (χ2n) is 4.45. The molecule has 0 saturated heterocycles. The maximum absolute atomic E-state index is 5.86. The number of anilines is 2. The number of rotatable bonds is 4. The molecule has 3 N–H and O–H groups in total. The molecule has 2 aromatic heterocycles. The van der Waals surface area contributed by atoms with Gasteiger partial charge in [0.1, 0.15) is 5.82 Å². The zero-order valence-electron chi connectivity index (χ0n) is 10.8. The number of benzene rings is 1. The molecule has 2 heterocycles. The van der Waals surface area contributed by atoms with Crippen LogP contribution in [0.2, 0.25) is 5.02 Å². The van der Waals surface area contributed by atoms with E-state index in [4.69, 9.17) is 17.3 Å². The smallest absolute Gasteiger partial charge is 0.240 e. The lowest BCUT2D eigenvalue weighted by molar-refractivity contribution is 0.932. The number of nitrogen functional groups attached to an aromatic ring is 1. The lowest BCUT2D eigenvalue weighted by Crippen LogP contribution is -2.08. The van der Waals surface area contributed by atoms with Gasteiger partial charge in [-0.3, -0.25) is 0 Å². The first-order chi connectivity index (χ1) is 9.72. The van der Waals surface area contributed by atoms with Gasteiger partial charge in [0.25, 0.3) is 0 Å². The lowest BCUT2D eigenvalue weighted by Gasteiger charge is -2.07. The first-order valence-electron chi connectivity index (χ1n) is 6.32. The van der Waals surface area contributed by atoms with Gasteiger partial charge in [0.15, 0.2) is 5.65 Å². The molecule has 20 heavy (non-hydrogen) atoms. The van der Waals surface area contributed by atoms with E-state index in [0.29, 0.717) is 0 Å². The molecule has 0 saturated carbocycles. The van der Waals surface area contributed by atoms with Crippen LogP contribution >= 0.6 is 11.6 Å². The number of fused-ring (bicyclic) bond motifs is 1. The summed E-state index contributed by atoms with van der Waals surface area (Å²) < 4.78 is 1.71. The quantitative estimate of drug-likeness (QED) is 0.774. The third-order valence-corrected chi connectivity index (χ3v) is 3.26. The van der Waals surface area contributed by atoms with E-state index in [9.17, 15) is 0 Å². The Morgan fingerprint density at radius 1 is 1.15 bits per heavy atom. The average molecular weight is 288 g/mol. The minimum atomic E-state index is 0.275. The van der Waals surface area contributed by atoms with Gasteiger partial charge in [-0.1, -0.05) is 29.8 Å². The number of nitrogens with zero attached hydrogens (tertiary/aromatic N) is 3. The van der Waals surface area contributed by atoms with Gasteiger partial charge in [-0.05, 0) is 36.2 Å². The number of halogens is 1. The first kappa shape index (κ1) is 12.7. The van der Waals surface area contributed by atoms with Crippen molar-refractivity contribution in [3.63, 3.8) is 0 Å². The van der Waals surface area contributed by atoms with E-state index >= 15 is 0 Å². The SMILES string of the molecule is Nc1nc2cccc(NCCc3ccc(Cl)cc3)n2n1. The van der Waals surface area contributed by atoms with Crippen LogP contribution in [0.15, 0.2) is 42.5 Å². The zero-order chi connectivity index (χ0) is 13.9. The summed E-state index contributed by atoms with van der Waals surface area (Å²) in [7, 11) is 0. The van der Waals surface area contributed by atoms with Crippen molar-refractivity contribution in [2.75, 3.05) is 17.6 Å². The summed E-state index contributed by atoms with van der Waals surface area (Å²) in [5, 5.41) is 8.24. The summed E-state index contributed by atoms with van der Waals surface area (Å²) in [4.78, 5) is 4.12. The molecule has 6 heteroatoms. The van der Waals surface area contributed by atoms with Crippen LogP contribution in [0.1, 0.15) is 5.56 Å². The molecule has 3 aromatic rings. The Labute approximate surface area is 121 Å². The Kier molecular flexibility index (Phi) is 3.43. The van der Waals surface area contributed by atoms with Gasteiger partial charge < -0.3 is 11.1 Å². The molecule has 102 valence electrons. The number of pyridine rings is 1. The van der Waals surface area contributed by atoms with Crippen molar-refractivity contribution in [3.05, 3.63) is 53.1 Å². The van der Waals surface area contributed by atoms with Gasteiger partial charge >= 0.3 is 0 Å². The van der Waals surface area contributed by atoms with Crippen LogP contribution < -0.4 is 11.1 Å². The van der Waals surface area contributed by atoms with Crippen LogP contribution in [0.25, 0.3) is 5.65 Å². The summed E-state index contributed by atoms with van der Waals surface area (Å²) in [5.74, 6) is 1.15. The number of nitrogens with two attached hydrogens (primary N) is 1. The highest BCUT2D eigenvalue weighted by atomic mass is 35.5. The largest absolute Gasteiger partial charge is 0.370 e. The number of hydrogen-bond acceptors (Lipinski definition) is 4. The van der Waals surface area contributed by atoms with Gasteiger partial charge in [0, 0.05) is 11.6 Å². The normalized spacial score (nSPS) is 10.8. The molecule has 0 atom stereocenters. The van der Waals surface area contributed by atoms with Crippen molar-refractivity contribution < 1.29 is 0 Å². The van der Waals surface area contributed by atoms with Crippen LogP contribution in [0.4, 0.5) is 11.8 Å². The lowest BCUT2D eigenvalue weighted by atomic mass is 10.1. The Balaban J connectivity index is 1.69. The van der Waals surface area contributed by atoms with E-state index in [1.54, 1.807) is 4.52 Å². The molecule has 0 unspecified atom stereocenters. The molecule has 5 nitrogen and oxygen atoms in total. The molecule has 0 radical (unpaired) electrons.